The number of benzene rings is 1. The number of anilines is 2. The van der Waals surface area contributed by atoms with Gasteiger partial charge in [-0.15, -0.1) is 0 Å². The van der Waals surface area contributed by atoms with Crippen LogP contribution in [0.1, 0.15) is 11.3 Å². The molecule has 0 amide bonds. The molecule has 0 aliphatic rings. The van der Waals surface area contributed by atoms with Gasteiger partial charge < -0.3 is 10.6 Å². The maximum absolute atomic E-state index is 13.1. The average molecular weight is 358 g/mol. The highest BCUT2D eigenvalue weighted by Gasteiger charge is 2.12. The maximum Gasteiger partial charge on any atom is 0.223 e. The number of nitrogens with zero attached hydrogens (tertiary/aromatic N) is 4. The van der Waals surface area contributed by atoms with Crippen LogP contribution in [0.4, 0.5) is 16.2 Å². The van der Waals surface area contributed by atoms with E-state index in [0.717, 1.165) is 17.7 Å². The number of hydrogen-bond donors (Lipinski definition) is 1. The molecule has 25 heavy (non-hydrogen) atoms. The summed E-state index contributed by atoms with van der Waals surface area (Å²) in [5, 5.41) is 0.282. The van der Waals surface area contributed by atoms with Crippen molar-refractivity contribution in [2.75, 3.05) is 17.2 Å². The largest absolute Gasteiger partial charge is 0.368 e. The van der Waals surface area contributed by atoms with Crippen molar-refractivity contribution < 1.29 is 4.39 Å². The lowest BCUT2D eigenvalue weighted by molar-refractivity contribution is 0.626. The Kier molecular flexibility index (Phi) is 5.40. The van der Waals surface area contributed by atoms with E-state index in [1.54, 1.807) is 24.4 Å². The summed E-state index contributed by atoms with van der Waals surface area (Å²) in [6, 6.07) is 13.8. The Bertz CT molecular complexity index is 806. The number of nitrogens with two attached hydrogens (primary N) is 1. The number of rotatable bonds is 6. The van der Waals surface area contributed by atoms with E-state index in [9.17, 15) is 4.39 Å². The molecule has 3 aromatic rings. The molecule has 0 radical (unpaired) electrons. The predicted molar refractivity (Wildman–Crippen MR) is 96.8 cm³/mol. The first-order chi connectivity index (χ1) is 12.1. The quantitative estimate of drug-likeness (QED) is 0.684. The van der Waals surface area contributed by atoms with Crippen LogP contribution in [0.2, 0.25) is 5.15 Å². The molecule has 0 unspecified atom stereocenters. The first-order valence-electron chi connectivity index (χ1n) is 7.79. The van der Waals surface area contributed by atoms with Crippen LogP contribution in [0.25, 0.3) is 0 Å². The minimum Gasteiger partial charge on any atom is -0.368 e. The van der Waals surface area contributed by atoms with Gasteiger partial charge >= 0.3 is 0 Å². The molecule has 5 nitrogen and oxygen atoms in total. The molecule has 2 aromatic heterocycles. The van der Waals surface area contributed by atoms with Gasteiger partial charge in [0, 0.05) is 37.5 Å². The van der Waals surface area contributed by atoms with Gasteiger partial charge in [-0.2, -0.15) is 4.98 Å². The van der Waals surface area contributed by atoms with Crippen molar-refractivity contribution in [3.05, 3.63) is 77.0 Å². The number of hydrogen-bond acceptors (Lipinski definition) is 5. The second kappa shape index (κ2) is 7.90. The Hall–Kier alpha value is -2.73. The van der Waals surface area contributed by atoms with Crippen LogP contribution in [-0.4, -0.2) is 21.5 Å². The normalized spacial score (nSPS) is 10.6. The lowest BCUT2D eigenvalue weighted by atomic mass is 10.2. The molecule has 2 N–H and O–H groups in total. The van der Waals surface area contributed by atoms with Crippen molar-refractivity contribution >= 4 is 23.4 Å². The van der Waals surface area contributed by atoms with Crippen molar-refractivity contribution in [1.82, 2.24) is 15.0 Å². The molecule has 0 saturated carbocycles. The molecule has 3 rings (SSSR count). The van der Waals surface area contributed by atoms with Gasteiger partial charge in [0.05, 0.1) is 0 Å². The zero-order valence-corrected chi connectivity index (χ0v) is 14.2. The number of aromatic nitrogens is 3. The van der Waals surface area contributed by atoms with Gasteiger partial charge in [0.1, 0.15) is 16.8 Å². The SMILES string of the molecule is Nc1nc(Cl)cc(N(CCc2ccccn2)Cc2ccc(F)cc2)n1. The van der Waals surface area contributed by atoms with Gasteiger partial charge in [-0.25, -0.2) is 9.37 Å². The topological polar surface area (TPSA) is 67.9 Å². The molecule has 128 valence electrons. The van der Waals surface area contributed by atoms with E-state index < -0.39 is 0 Å². The lowest BCUT2D eigenvalue weighted by Crippen LogP contribution is -2.27. The monoisotopic (exact) mass is 357 g/mol. The summed E-state index contributed by atoms with van der Waals surface area (Å²) in [7, 11) is 0. The molecule has 0 saturated heterocycles. The van der Waals surface area contributed by atoms with E-state index in [1.807, 2.05) is 23.1 Å². The summed E-state index contributed by atoms with van der Waals surface area (Å²) in [5.74, 6) is 0.473. The molecule has 7 heteroatoms. The fraction of sp³-hybridized carbons (Fsp3) is 0.167. The Morgan fingerprint density at radius 1 is 1.08 bits per heavy atom. The highest BCUT2D eigenvalue weighted by molar-refractivity contribution is 6.29. The van der Waals surface area contributed by atoms with Gasteiger partial charge in [-0.3, -0.25) is 4.98 Å². The van der Waals surface area contributed by atoms with Crippen LogP contribution in [0.3, 0.4) is 0 Å². The average Bonchev–Trinajstić information content (AvgIpc) is 2.60. The summed E-state index contributed by atoms with van der Waals surface area (Å²) in [4.78, 5) is 14.5. The van der Waals surface area contributed by atoms with E-state index in [1.165, 1.54) is 12.1 Å². The molecule has 0 bridgehead atoms. The third kappa shape index (κ3) is 4.87. The highest BCUT2D eigenvalue weighted by Crippen LogP contribution is 2.20. The van der Waals surface area contributed by atoms with Crippen molar-refractivity contribution in [2.24, 2.45) is 0 Å². The minimum atomic E-state index is -0.266. The van der Waals surface area contributed by atoms with Gasteiger partial charge in [-0.1, -0.05) is 29.8 Å². The van der Waals surface area contributed by atoms with Crippen LogP contribution in [0, 0.1) is 5.82 Å². The minimum absolute atomic E-state index is 0.115. The molecule has 0 fully saturated rings. The van der Waals surface area contributed by atoms with E-state index in [0.29, 0.717) is 18.9 Å². The summed E-state index contributed by atoms with van der Waals surface area (Å²) < 4.78 is 13.1. The van der Waals surface area contributed by atoms with Crippen molar-refractivity contribution in [2.45, 2.75) is 13.0 Å². The molecule has 0 aliphatic carbocycles. The molecule has 0 atom stereocenters. The number of halogens is 2. The molecule has 2 heterocycles. The van der Waals surface area contributed by atoms with Crippen molar-refractivity contribution in [1.29, 1.82) is 0 Å². The first kappa shape index (κ1) is 17.1. The van der Waals surface area contributed by atoms with Gasteiger partial charge in [0.2, 0.25) is 5.95 Å². The standard InChI is InChI=1S/C18H17ClFN5/c19-16-11-17(24-18(21)23-16)25(10-8-15-3-1-2-9-22-15)12-13-4-6-14(20)7-5-13/h1-7,9,11H,8,10,12H2,(H2,21,23,24). The molecular formula is C18H17ClFN5. The summed E-state index contributed by atoms with van der Waals surface area (Å²) >= 11 is 6.02. The van der Waals surface area contributed by atoms with E-state index in [2.05, 4.69) is 15.0 Å². The first-order valence-corrected chi connectivity index (χ1v) is 8.17. The van der Waals surface area contributed by atoms with Crippen LogP contribution < -0.4 is 10.6 Å². The van der Waals surface area contributed by atoms with E-state index >= 15 is 0 Å². The van der Waals surface area contributed by atoms with Crippen molar-refractivity contribution in [3.8, 4) is 0 Å². The van der Waals surface area contributed by atoms with Crippen LogP contribution in [0.5, 0.6) is 0 Å². The molecular weight excluding hydrogens is 341 g/mol. The fourth-order valence-corrected chi connectivity index (χ4v) is 2.65. The second-order valence-corrected chi connectivity index (χ2v) is 5.91. The Morgan fingerprint density at radius 2 is 1.88 bits per heavy atom. The van der Waals surface area contributed by atoms with Crippen LogP contribution >= 0.6 is 11.6 Å². The third-order valence-corrected chi connectivity index (χ3v) is 3.87. The predicted octanol–water partition coefficient (Wildman–Crippen LogP) is 3.50. The maximum atomic E-state index is 13.1. The third-order valence-electron chi connectivity index (χ3n) is 3.67. The summed E-state index contributed by atoms with van der Waals surface area (Å²) in [5.41, 5.74) is 7.65. The molecule has 0 aliphatic heterocycles. The second-order valence-electron chi connectivity index (χ2n) is 5.53. The van der Waals surface area contributed by atoms with E-state index in [-0.39, 0.29) is 16.9 Å². The number of pyridine rings is 1. The van der Waals surface area contributed by atoms with Gasteiger partial charge in [0.15, 0.2) is 0 Å². The van der Waals surface area contributed by atoms with Crippen LogP contribution in [-0.2, 0) is 13.0 Å². The van der Waals surface area contributed by atoms with Gasteiger partial charge in [-0.05, 0) is 29.8 Å². The molecule has 0 spiro atoms. The Balaban J connectivity index is 1.83. The number of nitrogen functional groups attached to an aromatic ring is 1. The summed E-state index contributed by atoms with van der Waals surface area (Å²) in [6.45, 7) is 1.20. The van der Waals surface area contributed by atoms with Crippen molar-refractivity contribution in [3.63, 3.8) is 0 Å². The Morgan fingerprint density at radius 3 is 2.56 bits per heavy atom. The fourth-order valence-electron chi connectivity index (χ4n) is 2.47. The zero-order chi connectivity index (χ0) is 17.6. The lowest BCUT2D eigenvalue weighted by Gasteiger charge is -2.24. The Labute approximate surface area is 150 Å². The zero-order valence-electron chi connectivity index (χ0n) is 13.4. The summed E-state index contributed by atoms with van der Waals surface area (Å²) in [6.07, 6.45) is 2.49. The smallest absolute Gasteiger partial charge is 0.223 e. The van der Waals surface area contributed by atoms with Gasteiger partial charge in [0.25, 0.3) is 0 Å². The molecule has 1 aromatic carbocycles. The van der Waals surface area contributed by atoms with Crippen LogP contribution in [0.15, 0.2) is 54.7 Å². The highest BCUT2D eigenvalue weighted by atomic mass is 35.5. The van der Waals surface area contributed by atoms with E-state index in [4.69, 9.17) is 17.3 Å².